The first-order valence-corrected chi connectivity index (χ1v) is 7.36. The van der Waals surface area contributed by atoms with E-state index in [9.17, 15) is 9.59 Å². The van der Waals surface area contributed by atoms with Gasteiger partial charge in [0, 0.05) is 12.1 Å². The van der Waals surface area contributed by atoms with Gasteiger partial charge in [-0.1, -0.05) is 12.8 Å². The predicted molar refractivity (Wildman–Crippen MR) is 73.7 cm³/mol. The van der Waals surface area contributed by atoms with Crippen LogP contribution in [0.2, 0.25) is 0 Å². The van der Waals surface area contributed by atoms with Crippen LogP contribution in [0.5, 0.6) is 0 Å². The second kappa shape index (κ2) is 6.37. The quantitative estimate of drug-likeness (QED) is 0.742. The number of nitrogens with one attached hydrogen (secondary N) is 2. The molecule has 0 aromatic carbocycles. The Balaban J connectivity index is 1.71. The van der Waals surface area contributed by atoms with Crippen LogP contribution in [-0.4, -0.2) is 48.4 Å². The third-order valence-electron chi connectivity index (χ3n) is 4.08. The molecule has 0 heterocycles. The van der Waals surface area contributed by atoms with Gasteiger partial charge in [0.2, 0.25) is 11.8 Å². The summed E-state index contributed by atoms with van der Waals surface area (Å²) in [5.74, 6) is 0.0548. The highest BCUT2D eigenvalue weighted by Gasteiger charge is 2.26. The summed E-state index contributed by atoms with van der Waals surface area (Å²) in [5.41, 5.74) is 0. The van der Waals surface area contributed by atoms with E-state index in [0.29, 0.717) is 12.1 Å². The van der Waals surface area contributed by atoms with E-state index in [2.05, 4.69) is 10.6 Å². The first-order chi connectivity index (χ1) is 9.06. The normalized spacial score (nSPS) is 21.4. The van der Waals surface area contributed by atoms with Crippen LogP contribution < -0.4 is 10.6 Å². The topological polar surface area (TPSA) is 61.4 Å². The zero-order chi connectivity index (χ0) is 13.8. The Hall–Kier alpha value is -1.10. The van der Waals surface area contributed by atoms with Crippen molar-refractivity contribution in [1.29, 1.82) is 0 Å². The minimum absolute atomic E-state index is 0.0190. The first kappa shape index (κ1) is 14.3. The van der Waals surface area contributed by atoms with Crippen LogP contribution in [-0.2, 0) is 9.59 Å². The van der Waals surface area contributed by atoms with Crippen molar-refractivity contribution in [2.24, 2.45) is 0 Å². The molecular weight excluding hydrogens is 242 g/mol. The minimum Gasteiger partial charge on any atom is -0.352 e. The molecule has 0 bridgehead atoms. The number of likely N-dealkylation sites (N-methyl/N-ethyl adjacent to an activating group) is 1. The molecule has 2 rings (SSSR count). The average Bonchev–Trinajstić information content (AvgIpc) is 3.02. The van der Waals surface area contributed by atoms with Crippen LogP contribution >= 0.6 is 0 Å². The summed E-state index contributed by atoms with van der Waals surface area (Å²) in [6, 6.07) is 0.456. The molecule has 2 aliphatic rings. The summed E-state index contributed by atoms with van der Waals surface area (Å²) in [6.45, 7) is 2.14. The molecule has 0 unspecified atom stereocenters. The predicted octanol–water partition coefficient (Wildman–Crippen LogP) is 0.644. The molecule has 108 valence electrons. The van der Waals surface area contributed by atoms with Gasteiger partial charge < -0.3 is 10.6 Å². The van der Waals surface area contributed by atoms with Gasteiger partial charge in [-0.25, -0.2) is 0 Å². The molecule has 2 N–H and O–H groups in total. The van der Waals surface area contributed by atoms with E-state index in [-0.39, 0.29) is 24.4 Å². The fourth-order valence-corrected chi connectivity index (χ4v) is 2.46. The minimum atomic E-state index is -0.259. The van der Waals surface area contributed by atoms with Gasteiger partial charge in [-0.05, 0) is 39.7 Å². The Bertz CT molecular complexity index is 336. The second-order valence-corrected chi connectivity index (χ2v) is 5.92. The molecular formula is C14H25N3O2. The number of hydrogen-bond acceptors (Lipinski definition) is 3. The highest BCUT2D eigenvalue weighted by molar-refractivity contribution is 5.83. The van der Waals surface area contributed by atoms with Gasteiger partial charge in [0.05, 0.1) is 12.6 Å². The van der Waals surface area contributed by atoms with Gasteiger partial charge in [-0.15, -0.1) is 0 Å². The van der Waals surface area contributed by atoms with Crippen LogP contribution in [0, 0.1) is 0 Å². The van der Waals surface area contributed by atoms with Crippen molar-refractivity contribution in [3.05, 3.63) is 0 Å². The molecule has 19 heavy (non-hydrogen) atoms. The van der Waals surface area contributed by atoms with Gasteiger partial charge >= 0.3 is 0 Å². The standard InChI is InChI=1S/C14H25N3O2/c1-10(14(19)16-11-5-3-4-6-11)17(2)9-13(18)15-12-7-8-12/h10-12H,3-9H2,1-2H3,(H,15,18)(H,16,19)/t10-/m0/s1. The first-order valence-electron chi connectivity index (χ1n) is 7.36. The molecule has 0 aromatic rings. The Morgan fingerprint density at radius 3 is 2.26 bits per heavy atom. The Labute approximate surface area is 115 Å². The van der Waals surface area contributed by atoms with Crippen molar-refractivity contribution in [3.8, 4) is 0 Å². The van der Waals surface area contributed by atoms with Crippen molar-refractivity contribution in [2.45, 2.75) is 63.6 Å². The molecule has 5 nitrogen and oxygen atoms in total. The Morgan fingerprint density at radius 1 is 1.11 bits per heavy atom. The summed E-state index contributed by atoms with van der Waals surface area (Å²) in [5, 5.41) is 6.01. The van der Waals surface area contributed by atoms with Crippen LogP contribution in [0.15, 0.2) is 0 Å². The highest BCUT2D eigenvalue weighted by Crippen LogP contribution is 2.19. The lowest BCUT2D eigenvalue weighted by Gasteiger charge is -2.24. The molecule has 0 aromatic heterocycles. The summed E-state index contributed by atoms with van der Waals surface area (Å²) >= 11 is 0. The lowest BCUT2D eigenvalue weighted by Crippen LogP contribution is -2.49. The van der Waals surface area contributed by atoms with Gasteiger partial charge in [0.1, 0.15) is 0 Å². The average molecular weight is 267 g/mol. The van der Waals surface area contributed by atoms with Gasteiger partial charge in [0.15, 0.2) is 0 Å². The Kier molecular flexibility index (Phi) is 4.80. The summed E-state index contributed by atoms with van der Waals surface area (Å²) < 4.78 is 0. The van der Waals surface area contributed by atoms with Gasteiger partial charge in [-0.3, -0.25) is 14.5 Å². The molecule has 2 amide bonds. The van der Waals surface area contributed by atoms with E-state index in [1.165, 1.54) is 12.8 Å². The molecule has 2 fully saturated rings. The van der Waals surface area contributed by atoms with E-state index >= 15 is 0 Å². The van der Waals surface area contributed by atoms with E-state index in [1.54, 1.807) is 0 Å². The number of amides is 2. The lowest BCUT2D eigenvalue weighted by atomic mass is 10.2. The van der Waals surface area contributed by atoms with E-state index < -0.39 is 0 Å². The van der Waals surface area contributed by atoms with Crippen LogP contribution in [0.1, 0.15) is 45.4 Å². The molecule has 0 aliphatic heterocycles. The largest absolute Gasteiger partial charge is 0.352 e. The number of rotatable bonds is 6. The highest BCUT2D eigenvalue weighted by atomic mass is 16.2. The molecule has 2 saturated carbocycles. The number of carbonyl (C=O) groups is 2. The SMILES string of the molecule is C[C@@H](C(=O)NC1CCCC1)N(C)CC(=O)NC1CC1. The van der Waals surface area contributed by atoms with Crippen LogP contribution in [0.3, 0.4) is 0 Å². The summed E-state index contributed by atoms with van der Waals surface area (Å²) in [7, 11) is 1.82. The van der Waals surface area contributed by atoms with Crippen LogP contribution in [0.4, 0.5) is 0 Å². The molecule has 2 aliphatic carbocycles. The van der Waals surface area contributed by atoms with Crippen LogP contribution in [0.25, 0.3) is 0 Å². The summed E-state index contributed by atoms with van der Waals surface area (Å²) in [6.07, 6.45) is 6.77. The third kappa shape index (κ3) is 4.49. The zero-order valence-electron chi connectivity index (χ0n) is 11.9. The van der Waals surface area contributed by atoms with E-state index in [0.717, 1.165) is 25.7 Å². The molecule has 1 atom stereocenters. The molecule has 0 saturated heterocycles. The monoisotopic (exact) mass is 267 g/mol. The van der Waals surface area contributed by atoms with Crippen molar-refractivity contribution in [2.75, 3.05) is 13.6 Å². The summed E-state index contributed by atoms with van der Waals surface area (Å²) in [4.78, 5) is 25.6. The smallest absolute Gasteiger partial charge is 0.237 e. The van der Waals surface area contributed by atoms with Crippen molar-refractivity contribution in [3.63, 3.8) is 0 Å². The third-order valence-corrected chi connectivity index (χ3v) is 4.08. The maximum absolute atomic E-state index is 12.1. The second-order valence-electron chi connectivity index (χ2n) is 5.92. The van der Waals surface area contributed by atoms with Crippen molar-refractivity contribution < 1.29 is 9.59 Å². The maximum Gasteiger partial charge on any atom is 0.237 e. The molecule has 5 heteroatoms. The molecule has 0 spiro atoms. The van der Waals surface area contributed by atoms with E-state index in [1.807, 2.05) is 18.9 Å². The Morgan fingerprint density at radius 2 is 1.68 bits per heavy atom. The van der Waals surface area contributed by atoms with E-state index in [4.69, 9.17) is 0 Å². The number of nitrogens with zero attached hydrogens (tertiary/aromatic N) is 1. The fraction of sp³-hybridized carbons (Fsp3) is 0.857. The molecule has 0 radical (unpaired) electrons. The number of carbonyl (C=O) groups excluding carboxylic acids is 2. The van der Waals surface area contributed by atoms with Gasteiger partial charge in [0.25, 0.3) is 0 Å². The number of hydrogen-bond donors (Lipinski definition) is 2. The lowest BCUT2D eigenvalue weighted by molar-refractivity contribution is -0.128. The van der Waals surface area contributed by atoms with Gasteiger partial charge in [-0.2, -0.15) is 0 Å². The fourth-order valence-electron chi connectivity index (χ4n) is 2.46. The zero-order valence-corrected chi connectivity index (χ0v) is 11.9. The van der Waals surface area contributed by atoms with Crippen molar-refractivity contribution in [1.82, 2.24) is 15.5 Å². The maximum atomic E-state index is 12.1. The van der Waals surface area contributed by atoms with Crippen molar-refractivity contribution >= 4 is 11.8 Å².